The molecule has 0 aliphatic rings. The minimum Gasteiger partial charge on any atom is -0.353 e. The van der Waals surface area contributed by atoms with E-state index < -0.39 is 18.0 Å². The van der Waals surface area contributed by atoms with Gasteiger partial charge in [0.1, 0.15) is 0 Å². The first-order chi connectivity index (χ1) is 6.63. The van der Waals surface area contributed by atoms with Gasteiger partial charge in [0.05, 0.1) is 0 Å². The van der Waals surface area contributed by atoms with E-state index in [0.717, 1.165) is 12.8 Å². The van der Waals surface area contributed by atoms with Gasteiger partial charge < -0.3 is 10.6 Å². The lowest BCUT2D eigenvalue weighted by molar-refractivity contribution is -0.136. The smallest absolute Gasteiger partial charge is 0.264 e. The molecule has 0 radical (unpaired) electrons. The van der Waals surface area contributed by atoms with E-state index in [-0.39, 0.29) is 0 Å². The fourth-order valence-corrected chi connectivity index (χ4v) is 0.795. The van der Waals surface area contributed by atoms with Gasteiger partial charge >= 0.3 is 0 Å². The first kappa shape index (κ1) is 12.9. The van der Waals surface area contributed by atoms with Gasteiger partial charge in [-0.25, -0.2) is 4.39 Å². The zero-order chi connectivity index (χ0) is 11.0. The van der Waals surface area contributed by atoms with Crippen molar-refractivity contribution >= 4 is 11.8 Å². The van der Waals surface area contributed by atoms with Crippen molar-refractivity contribution < 1.29 is 14.0 Å². The zero-order valence-corrected chi connectivity index (χ0v) is 8.60. The van der Waals surface area contributed by atoms with Gasteiger partial charge in [-0.1, -0.05) is 13.8 Å². The molecule has 82 valence electrons. The third-order valence-corrected chi connectivity index (χ3v) is 1.56. The van der Waals surface area contributed by atoms with Crippen molar-refractivity contribution in [3.63, 3.8) is 0 Å². The number of rotatable bonds is 6. The lowest BCUT2D eigenvalue weighted by Crippen LogP contribution is -2.43. The highest BCUT2D eigenvalue weighted by Crippen LogP contribution is 1.91. The topological polar surface area (TPSA) is 58.2 Å². The number of carbonyl (C=O) groups excluding carboxylic acids is 2. The van der Waals surface area contributed by atoms with Crippen LogP contribution in [0.1, 0.15) is 26.7 Å². The molecule has 14 heavy (non-hydrogen) atoms. The average molecular weight is 204 g/mol. The summed E-state index contributed by atoms with van der Waals surface area (Å²) in [7, 11) is 0. The molecule has 0 fully saturated rings. The normalized spacial score (nSPS) is 10.0. The first-order valence-electron chi connectivity index (χ1n) is 4.83. The Bertz CT molecular complexity index is 177. The van der Waals surface area contributed by atoms with E-state index in [1.807, 2.05) is 13.8 Å². The van der Waals surface area contributed by atoms with Crippen molar-refractivity contribution in [1.29, 1.82) is 0 Å². The molecule has 0 saturated heterocycles. The van der Waals surface area contributed by atoms with Crippen LogP contribution in [-0.2, 0) is 9.59 Å². The largest absolute Gasteiger partial charge is 0.353 e. The third kappa shape index (κ3) is 4.79. The van der Waals surface area contributed by atoms with Crippen LogP contribution in [0, 0.1) is 0 Å². The highest BCUT2D eigenvalue weighted by molar-refractivity contribution is 6.03. The van der Waals surface area contributed by atoms with Crippen molar-refractivity contribution in [2.75, 3.05) is 13.1 Å². The predicted molar refractivity (Wildman–Crippen MR) is 51.5 cm³/mol. The predicted octanol–water partition coefficient (Wildman–Crippen LogP) is 0.377. The molecule has 0 heterocycles. The van der Waals surface area contributed by atoms with Crippen LogP contribution in [0.25, 0.3) is 0 Å². The van der Waals surface area contributed by atoms with Crippen LogP contribution in [0.4, 0.5) is 4.39 Å². The van der Waals surface area contributed by atoms with Gasteiger partial charge in [0.25, 0.3) is 18.0 Å². The summed E-state index contributed by atoms with van der Waals surface area (Å²) < 4.78 is 13.0. The highest BCUT2D eigenvalue weighted by atomic mass is 19.1. The Morgan fingerprint density at radius 2 is 1.43 bits per heavy atom. The number of alkyl halides is 1. The quantitative estimate of drug-likeness (QED) is 0.614. The number of hydrogen-bond acceptors (Lipinski definition) is 2. The molecule has 0 aliphatic heterocycles. The van der Waals surface area contributed by atoms with Crippen LogP contribution in [-0.4, -0.2) is 31.1 Å². The SMILES string of the molecule is CCCNC(=O)C(F)C(=O)NCCC. The van der Waals surface area contributed by atoms with Gasteiger partial charge in [-0.3, -0.25) is 9.59 Å². The lowest BCUT2D eigenvalue weighted by atomic mass is 10.3. The number of nitrogens with one attached hydrogen (secondary N) is 2. The monoisotopic (exact) mass is 204 g/mol. The maximum Gasteiger partial charge on any atom is 0.264 e. The summed E-state index contributed by atoms with van der Waals surface area (Å²) in [6.45, 7) is 4.48. The molecule has 0 spiro atoms. The zero-order valence-electron chi connectivity index (χ0n) is 8.60. The van der Waals surface area contributed by atoms with Gasteiger partial charge in [-0.05, 0) is 12.8 Å². The third-order valence-electron chi connectivity index (χ3n) is 1.56. The molecule has 0 aromatic carbocycles. The van der Waals surface area contributed by atoms with E-state index in [1.54, 1.807) is 0 Å². The maximum absolute atomic E-state index is 13.0. The standard InChI is InChI=1S/C9H17FN2O2/c1-3-5-11-8(13)7(10)9(14)12-6-4-2/h7H,3-6H2,1-2H3,(H,11,13)(H,12,14). The molecule has 0 aromatic rings. The fourth-order valence-electron chi connectivity index (χ4n) is 0.795. The minimum atomic E-state index is -2.09. The average Bonchev–Trinajstić information content (AvgIpc) is 2.21. The molecular weight excluding hydrogens is 187 g/mol. The van der Waals surface area contributed by atoms with Gasteiger partial charge in [0.15, 0.2) is 0 Å². The molecule has 5 heteroatoms. The molecule has 0 unspecified atom stereocenters. The van der Waals surface area contributed by atoms with Crippen LogP contribution in [0.2, 0.25) is 0 Å². The van der Waals surface area contributed by atoms with E-state index in [1.165, 1.54) is 0 Å². The molecule has 0 saturated carbocycles. The van der Waals surface area contributed by atoms with Gasteiger partial charge in [-0.15, -0.1) is 0 Å². The van der Waals surface area contributed by atoms with Gasteiger partial charge in [0, 0.05) is 13.1 Å². The van der Waals surface area contributed by atoms with Crippen LogP contribution >= 0.6 is 0 Å². The molecular formula is C9H17FN2O2. The van der Waals surface area contributed by atoms with Crippen molar-refractivity contribution in [1.82, 2.24) is 10.6 Å². The Kier molecular flexibility index (Phi) is 6.70. The van der Waals surface area contributed by atoms with Gasteiger partial charge in [0.2, 0.25) is 0 Å². The second-order valence-electron chi connectivity index (χ2n) is 2.94. The molecule has 0 rings (SSSR count). The van der Waals surface area contributed by atoms with E-state index in [4.69, 9.17) is 0 Å². The summed E-state index contributed by atoms with van der Waals surface area (Å²) in [6.07, 6.45) is -0.655. The van der Waals surface area contributed by atoms with Crippen molar-refractivity contribution in [3.05, 3.63) is 0 Å². The summed E-state index contributed by atoms with van der Waals surface area (Å²) in [6, 6.07) is 0. The molecule has 4 nitrogen and oxygen atoms in total. The second-order valence-corrected chi connectivity index (χ2v) is 2.94. The van der Waals surface area contributed by atoms with Crippen LogP contribution in [0.15, 0.2) is 0 Å². The van der Waals surface area contributed by atoms with Crippen LogP contribution < -0.4 is 10.6 Å². The number of carbonyl (C=O) groups is 2. The number of hydrogen-bond donors (Lipinski definition) is 2. The molecule has 2 amide bonds. The van der Waals surface area contributed by atoms with Crippen LogP contribution in [0.3, 0.4) is 0 Å². The Morgan fingerprint density at radius 1 is 1.07 bits per heavy atom. The molecule has 0 aromatic heterocycles. The lowest BCUT2D eigenvalue weighted by Gasteiger charge is -2.08. The minimum absolute atomic E-state index is 0.389. The first-order valence-corrected chi connectivity index (χ1v) is 4.83. The summed E-state index contributed by atoms with van der Waals surface area (Å²) in [5, 5.41) is 4.63. The molecule has 2 N–H and O–H groups in total. The van der Waals surface area contributed by atoms with Crippen molar-refractivity contribution in [2.45, 2.75) is 32.9 Å². The molecule has 0 aliphatic carbocycles. The second kappa shape index (κ2) is 7.29. The summed E-state index contributed by atoms with van der Waals surface area (Å²) in [4.78, 5) is 21.9. The Balaban J connectivity index is 3.85. The Hall–Kier alpha value is -1.13. The Labute approximate surface area is 83.2 Å². The Morgan fingerprint density at radius 3 is 1.71 bits per heavy atom. The van der Waals surface area contributed by atoms with E-state index >= 15 is 0 Å². The summed E-state index contributed by atoms with van der Waals surface area (Å²) in [5.41, 5.74) is 0. The summed E-state index contributed by atoms with van der Waals surface area (Å²) in [5.74, 6) is -1.72. The van der Waals surface area contributed by atoms with Crippen molar-refractivity contribution in [3.8, 4) is 0 Å². The molecule has 0 bridgehead atoms. The fraction of sp³-hybridized carbons (Fsp3) is 0.778. The van der Waals surface area contributed by atoms with Crippen LogP contribution in [0.5, 0.6) is 0 Å². The number of amides is 2. The van der Waals surface area contributed by atoms with E-state index in [0.29, 0.717) is 13.1 Å². The molecule has 0 atom stereocenters. The van der Waals surface area contributed by atoms with Crippen molar-refractivity contribution in [2.24, 2.45) is 0 Å². The maximum atomic E-state index is 13.0. The summed E-state index contributed by atoms with van der Waals surface area (Å²) >= 11 is 0. The highest BCUT2D eigenvalue weighted by Gasteiger charge is 2.24. The van der Waals surface area contributed by atoms with Gasteiger partial charge in [-0.2, -0.15) is 0 Å². The van der Waals surface area contributed by atoms with E-state index in [2.05, 4.69) is 10.6 Å². The number of halogens is 1. The van der Waals surface area contributed by atoms with E-state index in [9.17, 15) is 14.0 Å².